The molecule has 0 amide bonds. The Balaban J connectivity index is 0.000000201. The Kier molecular flexibility index (Phi) is 9.38. The molecule has 0 saturated heterocycles. The molecule has 0 radical (unpaired) electrons. The fourth-order valence-corrected chi connectivity index (χ4v) is 7.14. The molecule has 2 aromatic rings. The van der Waals surface area contributed by atoms with Crippen LogP contribution in [0.15, 0.2) is 47.6 Å². The van der Waals surface area contributed by atoms with Crippen LogP contribution in [0.5, 0.6) is 0 Å². The minimum atomic E-state index is 0.0340. The number of benzene rings is 2. The molecule has 4 aliphatic rings. The van der Waals surface area contributed by atoms with Crippen molar-refractivity contribution in [2.24, 2.45) is 11.3 Å². The molecular formula is C41H52Zr. The zero-order chi connectivity index (χ0) is 31.4. The van der Waals surface area contributed by atoms with Gasteiger partial charge in [-0.3, -0.25) is 12.2 Å². The van der Waals surface area contributed by atoms with Crippen LogP contribution in [0.25, 0.3) is 22.3 Å². The first-order valence-corrected chi connectivity index (χ1v) is 17.2. The molecule has 1 atom stereocenters. The molecule has 0 fully saturated rings. The molecule has 0 aromatic heterocycles. The summed E-state index contributed by atoms with van der Waals surface area (Å²) in [6.07, 6.45) is 15.4. The summed E-state index contributed by atoms with van der Waals surface area (Å²) in [7, 11) is 0. The van der Waals surface area contributed by atoms with Gasteiger partial charge in [-0.1, -0.05) is 117 Å². The van der Waals surface area contributed by atoms with E-state index in [4.69, 9.17) is 0 Å². The number of hydrogen-bond donors (Lipinski definition) is 0. The van der Waals surface area contributed by atoms with Crippen LogP contribution in [-0.4, -0.2) is 3.21 Å². The van der Waals surface area contributed by atoms with Crippen molar-refractivity contribution >= 4 is 14.4 Å². The van der Waals surface area contributed by atoms with E-state index in [1.807, 2.05) is 0 Å². The third-order valence-corrected chi connectivity index (χ3v) is 9.09. The zero-order valence-corrected chi connectivity index (χ0v) is 31.1. The fraction of sp³-hybridized carbons (Fsp3) is 0.488. The van der Waals surface area contributed by atoms with Crippen molar-refractivity contribution in [2.45, 2.75) is 120 Å². The molecule has 42 heavy (non-hydrogen) atoms. The average molecular weight is 636 g/mol. The predicted molar refractivity (Wildman–Crippen MR) is 181 cm³/mol. The van der Waals surface area contributed by atoms with E-state index in [1.165, 1.54) is 76.4 Å². The van der Waals surface area contributed by atoms with Crippen molar-refractivity contribution in [2.75, 3.05) is 0 Å². The van der Waals surface area contributed by atoms with Crippen LogP contribution in [0.4, 0.5) is 0 Å². The Morgan fingerprint density at radius 3 is 1.93 bits per heavy atom. The van der Waals surface area contributed by atoms with Crippen LogP contribution in [0.2, 0.25) is 0 Å². The summed E-state index contributed by atoms with van der Waals surface area (Å²) >= 11 is 1.55. The van der Waals surface area contributed by atoms with Gasteiger partial charge in [-0.15, -0.1) is 11.6 Å². The Bertz CT molecular complexity index is 1450. The van der Waals surface area contributed by atoms with Crippen LogP contribution in [0.3, 0.4) is 0 Å². The summed E-state index contributed by atoms with van der Waals surface area (Å²) in [5.41, 5.74) is 17.8. The standard InChI is InChI=1S/C25H25.C13H21.C3H6.Zr/c1-14-12-24(3,4)22-8-16-7-17-9-23-19(15(2)13-25(23,5)6)11-21(17)20(16)10-18(14)22;1-6-10-8-11(7-2)12(9-10)13(3,4)5;1-3-2;/h8-12H,7H2,1-6H3;9-10H,6-7H2,1-5H3;1-2H3;/q2*-1;;+2. The van der Waals surface area contributed by atoms with Crippen LogP contribution in [-0.2, 0) is 41.5 Å². The van der Waals surface area contributed by atoms with Gasteiger partial charge in [-0.25, -0.2) is 11.1 Å². The van der Waals surface area contributed by atoms with Gasteiger partial charge in [0.05, 0.1) is 0 Å². The molecule has 2 aromatic carbocycles. The van der Waals surface area contributed by atoms with Gasteiger partial charge in [0, 0.05) is 5.41 Å². The maximum absolute atomic E-state index is 3.65. The second-order valence-corrected chi connectivity index (χ2v) is 17.5. The molecule has 1 heteroatoms. The summed E-state index contributed by atoms with van der Waals surface area (Å²) in [4.78, 5) is 0. The molecule has 0 aliphatic heterocycles. The Morgan fingerprint density at radius 2 is 1.43 bits per heavy atom. The average Bonchev–Trinajstić information content (AvgIpc) is 3.57. The molecule has 1 unspecified atom stereocenters. The first-order valence-electron chi connectivity index (χ1n) is 15.9. The molecule has 0 N–H and O–H groups in total. The maximum atomic E-state index is 3.65. The second-order valence-electron chi connectivity index (χ2n) is 15.0. The summed E-state index contributed by atoms with van der Waals surface area (Å²) in [6, 6.07) is 9.81. The molecule has 0 heterocycles. The van der Waals surface area contributed by atoms with Crippen LogP contribution in [0, 0.1) is 23.5 Å². The Morgan fingerprint density at radius 1 is 0.881 bits per heavy atom. The van der Waals surface area contributed by atoms with E-state index in [2.05, 4.69) is 139 Å². The van der Waals surface area contributed by atoms with Crippen molar-refractivity contribution < 1.29 is 24.2 Å². The number of fused-ring (bicyclic) bond motifs is 5. The molecule has 0 nitrogen and oxygen atoms in total. The van der Waals surface area contributed by atoms with E-state index in [0.29, 0.717) is 11.3 Å². The van der Waals surface area contributed by atoms with Gasteiger partial charge in [0.1, 0.15) is 0 Å². The number of hydrogen-bond acceptors (Lipinski definition) is 0. The SMILES string of the molecule is CC1=[C-]C(C)(C)c2cc3c(cc21)-c1cc2c(cc1C3)C(C)(C)C=C2C.CCC1=[C-]C(CC)C=C1C(C)(C)C.C[C](C)=[Zr+2]. The van der Waals surface area contributed by atoms with Crippen molar-refractivity contribution in [1.82, 2.24) is 0 Å². The quantitative estimate of drug-likeness (QED) is 0.246. The first kappa shape index (κ1) is 33.1. The van der Waals surface area contributed by atoms with E-state index in [1.54, 1.807) is 24.2 Å². The summed E-state index contributed by atoms with van der Waals surface area (Å²) in [6.45, 7) is 29.2. The topological polar surface area (TPSA) is 0 Å². The number of allylic oxidation sites excluding steroid dienone is 8. The summed E-state index contributed by atoms with van der Waals surface area (Å²) < 4.78 is 1.51. The number of rotatable bonds is 2. The molecule has 0 spiro atoms. The van der Waals surface area contributed by atoms with E-state index in [0.717, 1.165) is 12.8 Å². The van der Waals surface area contributed by atoms with E-state index in [-0.39, 0.29) is 10.8 Å². The third kappa shape index (κ3) is 6.48. The van der Waals surface area contributed by atoms with Crippen molar-refractivity contribution in [1.29, 1.82) is 0 Å². The molecule has 6 rings (SSSR count). The second kappa shape index (κ2) is 11.9. The molecule has 4 aliphatic carbocycles. The van der Waals surface area contributed by atoms with Crippen molar-refractivity contribution in [3.8, 4) is 11.1 Å². The van der Waals surface area contributed by atoms with E-state index < -0.39 is 0 Å². The van der Waals surface area contributed by atoms with Gasteiger partial charge in [0.2, 0.25) is 0 Å². The molecule has 0 bridgehead atoms. The normalized spacial score (nSPS) is 20.0. The van der Waals surface area contributed by atoms with Gasteiger partial charge < -0.3 is 0 Å². The molecule has 220 valence electrons. The first-order chi connectivity index (χ1) is 19.4. The van der Waals surface area contributed by atoms with Gasteiger partial charge in [-0.05, 0) is 58.4 Å². The summed E-state index contributed by atoms with van der Waals surface area (Å²) in [5, 5.41) is 0. The summed E-state index contributed by atoms with van der Waals surface area (Å²) in [5.74, 6) is 0.573. The van der Waals surface area contributed by atoms with Crippen LogP contribution in [0.1, 0.15) is 136 Å². The fourth-order valence-electron chi connectivity index (χ4n) is 7.14. The molecular weight excluding hydrogens is 584 g/mol. The van der Waals surface area contributed by atoms with Crippen molar-refractivity contribution in [3.05, 3.63) is 93.1 Å². The zero-order valence-electron chi connectivity index (χ0n) is 28.7. The van der Waals surface area contributed by atoms with Gasteiger partial charge in [0.25, 0.3) is 0 Å². The van der Waals surface area contributed by atoms with Gasteiger partial charge >= 0.3 is 41.3 Å². The minimum absolute atomic E-state index is 0.0340. The van der Waals surface area contributed by atoms with Gasteiger partial charge in [-0.2, -0.15) is 17.2 Å². The van der Waals surface area contributed by atoms with E-state index >= 15 is 0 Å². The van der Waals surface area contributed by atoms with Crippen LogP contribution >= 0.6 is 0 Å². The Labute approximate surface area is 272 Å². The van der Waals surface area contributed by atoms with Crippen LogP contribution < -0.4 is 0 Å². The third-order valence-electron chi connectivity index (χ3n) is 9.09. The predicted octanol–water partition coefficient (Wildman–Crippen LogP) is 11.3. The monoisotopic (exact) mass is 634 g/mol. The van der Waals surface area contributed by atoms with E-state index in [9.17, 15) is 0 Å². The van der Waals surface area contributed by atoms with Gasteiger partial charge in [0.15, 0.2) is 0 Å². The molecule has 0 saturated carbocycles. The Hall–Kier alpha value is -1.85. The van der Waals surface area contributed by atoms with Crippen molar-refractivity contribution in [3.63, 3.8) is 0 Å².